The summed E-state index contributed by atoms with van der Waals surface area (Å²) in [5, 5.41) is 14.0. The number of aromatic hydroxyl groups is 1. The van der Waals surface area contributed by atoms with Gasteiger partial charge in [0.15, 0.2) is 21.3 Å². The van der Waals surface area contributed by atoms with E-state index in [-0.39, 0.29) is 23.6 Å². The molecule has 0 aliphatic carbocycles. The fourth-order valence-corrected chi connectivity index (χ4v) is 3.31. The summed E-state index contributed by atoms with van der Waals surface area (Å²) in [6.07, 6.45) is 1.66. The summed E-state index contributed by atoms with van der Waals surface area (Å²) < 4.78 is 27.7. The van der Waals surface area contributed by atoms with Gasteiger partial charge in [-0.2, -0.15) is 0 Å². The Kier molecular flexibility index (Phi) is 3.82. The highest BCUT2D eigenvalue weighted by Gasteiger charge is 2.23. The lowest BCUT2D eigenvalue weighted by Gasteiger charge is -2.19. The van der Waals surface area contributed by atoms with E-state index in [1.54, 1.807) is 24.3 Å². The van der Waals surface area contributed by atoms with Crippen molar-refractivity contribution in [1.29, 1.82) is 0 Å². The van der Waals surface area contributed by atoms with Crippen molar-refractivity contribution in [2.24, 2.45) is 0 Å². The SMILES string of the molecule is COc1cc(C(C)NC2C=CS(=O)(=O)C2)ccc1O. The summed E-state index contributed by atoms with van der Waals surface area (Å²) in [7, 11) is -1.56. The Balaban J connectivity index is 2.08. The molecule has 1 aliphatic heterocycles. The summed E-state index contributed by atoms with van der Waals surface area (Å²) in [5.74, 6) is 0.578. The lowest BCUT2D eigenvalue weighted by Crippen LogP contribution is -2.32. The molecule has 5 nitrogen and oxygen atoms in total. The second-order valence-corrected chi connectivity index (χ2v) is 6.52. The second-order valence-electron chi connectivity index (χ2n) is 4.58. The molecule has 0 spiro atoms. The molecule has 0 aromatic heterocycles. The summed E-state index contributed by atoms with van der Waals surface area (Å²) >= 11 is 0. The highest BCUT2D eigenvalue weighted by Crippen LogP contribution is 2.29. The fraction of sp³-hybridized carbons (Fsp3) is 0.385. The quantitative estimate of drug-likeness (QED) is 0.872. The van der Waals surface area contributed by atoms with Crippen LogP contribution in [0.2, 0.25) is 0 Å². The molecule has 0 radical (unpaired) electrons. The zero-order chi connectivity index (χ0) is 14.0. The van der Waals surface area contributed by atoms with E-state index in [1.807, 2.05) is 6.92 Å². The summed E-state index contributed by atoms with van der Waals surface area (Å²) in [6.45, 7) is 1.94. The highest BCUT2D eigenvalue weighted by molar-refractivity contribution is 7.94. The molecule has 6 heteroatoms. The molecular weight excluding hydrogens is 266 g/mol. The van der Waals surface area contributed by atoms with Crippen LogP contribution < -0.4 is 10.1 Å². The van der Waals surface area contributed by atoms with Crippen LogP contribution in [0.3, 0.4) is 0 Å². The van der Waals surface area contributed by atoms with Crippen molar-refractivity contribution in [3.8, 4) is 11.5 Å². The van der Waals surface area contributed by atoms with E-state index in [0.29, 0.717) is 5.75 Å². The Morgan fingerprint density at radius 1 is 1.47 bits per heavy atom. The van der Waals surface area contributed by atoms with Crippen LogP contribution in [0.1, 0.15) is 18.5 Å². The molecule has 1 heterocycles. The third-order valence-corrected chi connectivity index (χ3v) is 4.49. The summed E-state index contributed by atoms with van der Waals surface area (Å²) in [6, 6.07) is 4.86. The van der Waals surface area contributed by atoms with Gasteiger partial charge in [-0.3, -0.25) is 0 Å². The number of methoxy groups -OCH3 is 1. The van der Waals surface area contributed by atoms with Crippen LogP contribution in [-0.2, 0) is 9.84 Å². The van der Waals surface area contributed by atoms with Gasteiger partial charge in [0.05, 0.1) is 12.9 Å². The fourth-order valence-electron chi connectivity index (χ4n) is 2.06. The molecule has 0 saturated heterocycles. The van der Waals surface area contributed by atoms with Crippen molar-refractivity contribution in [3.63, 3.8) is 0 Å². The largest absolute Gasteiger partial charge is 0.504 e. The average Bonchev–Trinajstić information content (AvgIpc) is 2.69. The number of ether oxygens (including phenoxy) is 1. The topological polar surface area (TPSA) is 75.6 Å². The monoisotopic (exact) mass is 283 g/mol. The van der Waals surface area contributed by atoms with Gasteiger partial charge in [-0.15, -0.1) is 0 Å². The molecular formula is C13H17NO4S. The summed E-state index contributed by atoms with van der Waals surface area (Å²) in [5.41, 5.74) is 0.923. The third kappa shape index (κ3) is 3.27. The molecule has 104 valence electrons. The number of nitrogens with one attached hydrogen (secondary N) is 1. The van der Waals surface area contributed by atoms with Gasteiger partial charge >= 0.3 is 0 Å². The van der Waals surface area contributed by atoms with Crippen LogP contribution in [0.25, 0.3) is 0 Å². The van der Waals surface area contributed by atoms with E-state index in [0.717, 1.165) is 5.56 Å². The number of benzene rings is 1. The maximum absolute atomic E-state index is 11.3. The van der Waals surface area contributed by atoms with Gasteiger partial charge in [-0.05, 0) is 24.6 Å². The van der Waals surface area contributed by atoms with Crippen molar-refractivity contribution < 1.29 is 18.3 Å². The first-order chi connectivity index (χ1) is 8.91. The van der Waals surface area contributed by atoms with Crippen LogP contribution in [0.4, 0.5) is 0 Å². The molecule has 0 amide bonds. The van der Waals surface area contributed by atoms with Crippen molar-refractivity contribution in [2.75, 3.05) is 12.9 Å². The molecule has 1 aromatic rings. The number of hydrogen-bond donors (Lipinski definition) is 2. The molecule has 1 aliphatic rings. The smallest absolute Gasteiger partial charge is 0.173 e. The molecule has 2 rings (SSSR count). The van der Waals surface area contributed by atoms with Gasteiger partial charge in [0.1, 0.15) is 0 Å². The van der Waals surface area contributed by atoms with E-state index in [9.17, 15) is 13.5 Å². The first-order valence-electron chi connectivity index (χ1n) is 5.95. The van der Waals surface area contributed by atoms with Crippen molar-refractivity contribution in [1.82, 2.24) is 5.32 Å². The van der Waals surface area contributed by atoms with Crippen LogP contribution >= 0.6 is 0 Å². The Labute approximate surface area is 112 Å². The zero-order valence-electron chi connectivity index (χ0n) is 10.8. The normalized spacial score (nSPS) is 22.3. The molecule has 0 saturated carbocycles. The van der Waals surface area contributed by atoms with Gasteiger partial charge in [0.2, 0.25) is 0 Å². The van der Waals surface area contributed by atoms with Crippen molar-refractivity contribution in [3.05, 3.63) is 35.2 Å². The highest BCUT2D eigenvalue weighted by atomic mass is 32.2. The van der Waals surface area contributed by atoms with Gasteiger partial charge in [-0.1, -0.05) is 12.1 Å². The average molecular weight is 283 g/mol. The molecule has 0 fully saturated rings. The van der Waals surface area contributed by atoms with Gasteiger partial charge in [0.25, 0.3) is 0 Å². The van der Waals surface area contributed by atoms with Gasteiger partial charge in [0, 0.05) is 17.5 Å². The zero-order valence-corrected chi connectivity index (χ0v) is 11.6. The number of rotatable bonds is 4. The third-order valence-electron chi connectivity index (χ3n) is 3.10. The minimum Gasteiger partial charge on any atom is -0.504 e. The lowest BCUT2D eigenvalue weighted by atomic mass is 10.1. The standard InChI is InChI=1S/C13H17NO4S/c1-9(14-11-5-6-19(16,17)8-11)10-3-4-12(15)13(7-10)18-2/h3-7,9,11,14-15H,8H2,1-2H3. The maximum atomic E-state index is 11.3. The maximum Gasteiger partial charge on any atom is 0.173 e. The number of sulfone groups is 1. The second kappa shape index (κ2) is 5.22. The predicted octanol–water partition coefficient (Wildman–Crippen LogP) is 1.36. The molecule has 1 aromatic carbocycles. The van der Waals surface area contributed by atoms with E-state index in [1.165, 1.54) is 12.5 Å². The Morgan fingerprint density at radius 2 is 2.21 bits per heavy atom. The number of phenolic OH excluding ortho intramolecular Hbond substituents is 1. The molecule has 0 bridgehead atoms. The van der Waals surface area contributed by atoms with E-state index >= 15 is 0 Å². The first kappa shape index (κ1) is 13.9. The van der Waals surface area contributed by atoms with E-state index in [4.69, 9.17) is 4.74 Å². The van der Waals surface area contributed by atoms with Crippen molar-refractivity contribution in [2.45, 2.75) is 19.0 Å². The molecule has 2 atom stereocenters. The van der Waals surface area contributed by atoms with Crippen LogP contribution in [0, 0.1) is 0 Å². The lowest BCUT2D eigenvalue weighted by molar-refractivity contribution is 0.372. The van der Waals surface area contributed by atoms with Crippen molar-refractivity contribution >= 4 is 9.84 Å². The van der Waals surface area contributed by atoms with Crippen LogP contribution in [0.5, 0.6) is 11.5 Å². The number of hydrogen-bond acceptors (Lipinski definition) is 5. The van der Waals surface area contributed by atoms with Gasteiger partial charge < -0.3 is 15.2 Å². The van der Waals surface area contributed by atoms with E-state index < -0.39 is 9.84 Å². The predicted molar refractivity (Wildman–Crippen MR) is 72.9 cm³/mol. The van der Waals surface area contributed by atoms with Crippen LogP contribution in [0.15, 0.2) is 29.7 Å². The van der Waals surface area contributed by atoms with E-state index in [2.05, 4.69) is 5.32 Å². The Hall–Kier alpha value is -1.53. The minimum absolute atomic E-state index is 0.0440. The first-order valence-corrected chi connectivity index (χ1v) is 7.67. The van der Waals surface area contributed by atoms with Crippen LogP contribution in [-0.4, -0.2) is 32.4 Å². The minimum atomic E-state index is -3.05. The Morgan fingerprint density at radius 3 is 2.79 bits per heavy atom. The van der Waals surface area contributed by atoms with Gasteiger partial charge in [-0.25, -0.2) is 8.42 Å². The number of phenols is 1. The Bertz CT molecular complexity index is 595. The summed E-state index contributed by atoms with van der Waals surface area (Å²) in [4.78, 5) is 0. The molecule has 2 unspecified atom stereocenters. The molecule has 19 heavy (non-hydrogen) atoms. The molecule has 2 N–H and O–H groups in total.